The highest BCUT2D eigenvalue weighted by atomic mass is 16.6. The molecule has 0 saturated carbocycles. The van der Waals surface area contributed by atoms with Crippen LogP contribution in [0.2, 0.25) is 0 Å². The van der Waals surface area contributed by atoms with Gasteiger partial charge >= 0.3 is 0 Å². The summed E-state index contributed by atoms with van der Waals surface area (Å²) < 4.78 is 11.0. The summed E-state index contributed by atoms with van der Waals surface area (Å²) in [5, 5.41) is 0. The number of fused-ring (bicyclic) bond motifs is 1. The summed E-state index contributed by atoms with van der Waals surface area (Å²) in [5.74, 6) is 0.359. The minimum absolute atomic E-state index is 0.125. The number of piperidine rings is 1. The van der Waals surface area contributed by atoms with Crippen LogP contribution in [0.4, 0.5) is 5.69 Å². The van der Waals surface area contributed by atoms with Crippen molar-refractivity contribution in [2.24, 2.45) is 11.7 Å². The van der Waals surface area contributed by atoms with Crippen LogP contribution in [0.1, 0.15) is 19.3 Å². The van der Waals surface area contributed by atoms with Crippen molar-refractivity contribution in [3.63, 3.8) is 0 Å². The van der Waals surface area contributed by atoms with Gasteiger partial charge in [-0.25, -0.2) is 4.90 Å². The Balaban J connectivity index is 1.50. The fourth-order valence-electron chi connectivity index (χ4n) is 4.01. The molecule has 3 aliphatic rings. The van der Waals surface area contributed by atoms with Crippen molar-refractivity contribution in [1.82, 2.24) is 0 Å². The fourth-order valence-corrected chi connectivity index (χ4v) is 4.01. The quantitative estimate of drug-likeness (QED) is 0.664. The van der Waals surface area contributed by atoms with Gasteiger partial charge in [0.15, 0.2) is 17.5 Å². The maximum Gasteiger partial charge on any atom is 0.292 e. The number of primary amides is 1. The van der Waals surface area contributed by atoms with E-state index in [2.05, 4.69) is 0 Å². The van der Waals surface area contributed by atoms with E-state index in [0.717, 1.165) is 4.90 Å². The van der Waals surface area contributed by atoms with E-state index in [4.69, 9.17) is 15.2 Å². The van der Waals surface area contributed by atoms with Crippen LogP contribution < -0.4 is 25.0 Å². The van der Waals surface area contributed by atoms with Crippen LogP contribution in [-0.4, -0.2) is 50.1 Å². The molecule has 0 bridgehead atoms. The third-order valence-electron chi connectivity index (χ3n) is 5.45. The van der Waals surface area contributed by atoms with Crippen molar-refractivity contribution < 1.29 is 28.8 Å². The summed E-state index contributed by atoms with van der Waals surface area (Å²) in [6.07, 6.45) is 1.50. The average Bonchev–Trinajstić information content (AvgIpc) is 2.95. The van der Waals surface area contributed by atoms with E-state index >= 15 is 0 Å². The highest BCUT2D eigenvalue weighted by Gasteiger charge is 2.47. The van der Waals surface area contributed by atoms with Crippen LogP contribution in [0.25, 0.3) is 0 Å². The van der Waals surface area contributed by atoms with Crippen LogP contribution in [0.5, 0.6) is 11.5 Å². The number of quaternary nitrogens is 1. The number of nitrogens with zero attached hydrogens (tertiary/aromatic N) is 1. The molecule has 0 unspecified atom stereocenters. The molecule has 1 atom stereocenters. The normalized spacial score (nSPS) is 28.3. The molecule has 26 heavy (non-hydrogen) atoms. The summed E-state index contributed by atoms with van der Waals surface area (Å²) in [6, 6.07) is 4.72. The Labute approximate surface area is 150 Å². The van der Waals surface area contributed by atoms with Crippen LogP contribution >= 0.6 is 0 Å². The second kappa shape index (κ2) is 6.60. The van der Waals surface area contributed by atoms with Gasteiger partial charge < -0.3 is 20.1 Å². The number of carbonyl (C=O) groups is 3. The fraction of sp³-hybridized carbons (Fsp3) is 0.500. The van der Waals surface area contributed by atoms with Crippen molar-refractivity contribution in [3.05, 3.63) is 18.2 Å². The summed E-state index contributed by atoms with van der Waals surface area (Å²) in [4.78, 5) is 39.1. The average molecular weight is 360 g/mol. The highest BCUT2D eigenvalue weighted by molar-refractivity contribution is 6.22. The zero-order valence-electron chi connectivity index (χ0n) is 14.4. The molecule has 1 aromatic carbocycles. The lowest BCUT2D eigenvalue weighted by molar-refractivity contribution is -0.920. The number of nitrogens with two attached hydrogens (primary N) is 1. The second-order valence-corrected chi connectivity index (χ2v) is 6.99. The molecule has 2 fully saturated rings. The Morgan fingerprint density at radius 2 is 1.81 bits per heavy atom. The lowest BCUT2D eigenvalue weighted by Gasteiger charge is -2.30. The van der Waals surface area contributed by atoms with Gasteiger partial charge in [0, 0.05) is 24.8 Å². The number of imide groups is 1. The summed E-state index contributed by atoms with van der Waals surface area (Å²) in [6.45, 7) is 2.28. The highest BCUT2D eigenvalue weighted by Crippen LogP contribution is 2.35. The Bertz CT molecular complexity index is 757. The molecule has 0 aliphatic carbocycles. The summed E-state index contributed by atoms with van der Waals surface area (Å²) in [7, 11) is 0. The minimum atomic E-state index is -0.399. The van der Waals surface area contributed by atoms with E-state index in [0.29, 0.717) is 56.3 Å². The number of benzene rings is 1. The van der Waals surface area contributed by atoms with Gasteiger partial charge in [-0.15, -0.1) is 0 Å². The molecule has 0 radical (unpaired) electrons. The second-order valence-electron chi connectivity index (χ2n) is 6.99. The Hall–Kier alpha value is -2.61. The Morgan fingerprint density at radius 3 is 2.50 bits per heavy atom. The van der Waals surface area contributed by atoms with Crippen molar-refractivity contribution in [2.75, 3.05) is 31.2 Å². The van der Waals surface area contributed by atoms with Gasteiger partial charge in [-0.2, -0.15) is 0 Å². The molecule has 3 N–H and O–H groups in total. The number of rotatable bonds is 3. The maximum atomic E-state index is 12.9. The van der Waals surface area contributed by atoms with Crippen LogP contribution in [-0.2, 0) is 14.4 Å². The Morgan fingerprint density at radius 1 is 1.12 bits per heavy atom. The predicted octanol–water partition coefficient (Wildman–Crippen LogP) is -1.13. The monoisotopic (exact) mass is 360 g/mol. The van der Waals surface area contributed by atoms with E-state index in [-0.39, 0.29) is 30.1 Å². The smallest absolute Gasteiger partial charge is 0.292 e. The van der Waals surface area contributed by atoms with Gasteiger partial charge in [0.1, 0.15) is 13.2 Å². The van der Waals surface area contributed by atoms with Gasteiger partial charge in [-0.1, -0.05) is 0 Å². The van der Waals surface area contributed by atoms with Crippen LogP contribution in [0.3, 0.4) is 0 Å². The van der Waals surface area contributed by atoms with Crippen molar-refractivity contribution >= 4 is 23.4 Å². The number of likely N-dealkylation sites (tertiary alicyclic amines) is 1. The zero-order valence-corrected chi connectivity index (χ0v) is 14.4. The largest absolute Gasteiger partial charge is 0.486 e. The van der Waals surface area contributed by atoms with Gasteiger partial charge in [-0.3, -0.25) is 14.4 Å². The molecule has 3 heterocycles. The molecule has 2 saturated heterocycles. The number of nitrogens with one attached hydrogen (secondary N) is 1. The standard InChI is InChI=1S/C18H21N3O5/c19-17(23)11-3-5-20(6-4-11)13-10-16(22)21(18(13)24)12-1-2-14-15(9-12)26-8-7-25-14/h1-2,9,11,13H,3-8,10H2,(H2,19,23)/p+1/t13-/m0/s1. The molecule has 4 rings (SSSR count). The number of ether oxygens (including phenoxy) is 2. The van der Waals surface area contributed by atoms with E-state index in [1.54, 1.807) is 18.2 Å². The van der Waals surface area contributed by atoms with E-state index in [1.165, 1.54) is 4.90 Å². The topological polar surface area (TPSA) is 103 Å². The number of hydrogen-bond acceptors (Lipinski definition) is 5. The number of amides is 3. The van der Waals surface area contributed by atoms with Crippen molar-refractivity contribution in [2.45, 2.75) is 25.3 Å². The minimum Gasteiger partial charge on any atom is -0.486 e. The molecular weight excluding hydrogens is 338 g/mol. The van der Waals surface area contributed by atoms with Gasteiger partial charge in [0.2, 0.25) is 11.8 Å². The molecule has 3 amide bonds. The number of hydrogen-bond donors (Lipinski definition) is 2. The lowest BCUT2D eigenvalue weighted by Crippen LogP contribution is -3.17. The number of carbonyl (C=O) groups excluding carboxylic acids is 3. The first-order chi connectivity index (χ1) is 12.5. The number of anilines is 1. The lowest BCUT2D eigenvalue weighted by atomic mass is 9.95. The molecule has 0 aromatic heterocycles. The van der Waals surface area contributed by atoms with Crippen molar-refractivity contribution in [3.8, 4) is 11.5 Å². The van der Waals surface area contributed by atoms with Gasteiger partial charge in [-0.05, 0) is 12.1 Å². The summed E-state index contributed by atoms with van der Waals surface area (Å²) in [5.41, 5.74) is 5.88. The third-order valence-corrected chi connectivity index (χ3v) is 5.45. The van der Waals surface area contributed by atoms with E-state index in [1.807, 2.05) is 0 Å². The first-order valence-electron chi connectivity index (χ1n) is 8.95. The predicted molar refractivity (Wildman–Crippen MR) is 90.9 cm³/mol. The SMILES string of the molecule is NC(=O)C1CC[NH+]([C@H]2CC(=O)N(c3ccc4c(c3)OCCO4)C2=O)CC1. The molecule has 8 nitrogen and oxygen atoms in total. The maximum absolute atomic E-state index is 12.9. The molecule has 138 valence electrons. The van der Waals surface area contributed by atoms with Gasteiger partial charge in [0.25, 0.3) is 5.91 Å². The first-order valence-corrected chi connectivity index (χ1v) is 8.95. The van der Waals surface area contributed by atoms with E-state index < -0.39 is 6.04 Å². The van der Waals surface area contributed by atoms with Crippen LogP contribution in [0, 0.1) is 5.92 Å². The zero-order chi connectivity index (χ0) is 18.3. The molecular formula is C18H22N3O5+. The summed E-state index contributed by atoms with van der Waals surface area (Å²) >= 11 is 0. The van der Waals surface area contributed by atoms with Crippen molar-refractivity contribution in [1.29, 1.82) is 0 Å². The first kappa shape index (κ1) is 16.8. The van der Waals surface area contributed by atoms with Crippen LogP contribution in [0.15, 0.2) is 18.2 Å². The molecule has 1 aromatic rings. The molecule has 3 aliphatic heterocycles. The van der Waals surface area contributed by atoms with Gasteiger partial charge in [0.05, 0.1) is 25.2 Å². The molecule has 8 heteroatoms. The van der Waals surface area contributed by atoms with E-state index in [9.17, 15) is 14.4 Å². The Kier molecular flexibility index (Phi) is 4.28. The third kappa shape index (κ3) is 2.90. The molecule has 0 spiro atoms.